The number of halogens is 1. The van der Waals surface area contributed by atoms with Gasteiger partial charge in [-0.15, -0.1) is 0 Å². The number of ether oxygens (including phenoxy) is 2. The van der Waals surface area contributed by atoms with Crippen LogP contribution in [0.2, 0.25) is 5.02 Å². The molecule has 1 aliphatic carbocycles. The molecule has 1 atom stereocenters. The summed E-state index contributed by atoms with van der Waals surface area (Å²) in [6.45, 7) is 7.08. The molecule has 176 valence electrons. The highest BCUT2D eigenvalue weighted by Crippen LogP contribution is 2.42. The molecular formula is C27H32ClNO4. The molecule has 0 radical (unpaired) electrons. The highest BCUT2D eigenvalue weighted by atomic mass is 35.5. The predicted molar refractivity (Wildman–Crippen MR) is 131 cm³/mol. The molecule has 1 fully saturated rings. The summed E-state index contributed by atoms with van der Waals surface area (Å²) in [5.41, 5.74) is 6.33. The van der Waals surface area contributed by atoms with Crippen molar-refractivity contribution in [3.63, 3.8) is 0 Å². The van der Waals surface area contributed by atoms with Crippen molar-refractivity contribution in [3.05, 3.63) is 63.7 Å². The van der Waals surface area contributed by atoms with Crippen LogP contribution in [0.1, 0.15) is 37.0 Å². The van der Waals surface area contributed by atoms with E-state index in [4.69, 9.17) is 26.2 Å². The number of nitrogens with zero attached hydrogens (tertiary/aromatic N) is 1. The van der Waals surface area contributed by atoms with Gasteiger partial charge in [-0.05, 0) is 67.0 Å². The van der Waals surface area contributed by atoms with E-state index in [1.54, 1.807) is 7.11 Å². The van der Waals surface area contributed by atoms with E-state index >= 15 is 0 Å². The van der Waals surface area contributed by atoms with Gasteiger partial charge < -0.3 is 14.6 Å². The molecule has 0 saturated carbocycles. The smallest absolute Gasteiger partial charge is 0.309 e. The maximum absolute atomic E-state index is 11.1. The number of carboxylic acid groups (broad SMARTS) is 1. The van der Waals surface area contributed by atoms with Crippen molar-refractivity contribution in [1.82, 2.24) is 4.90 Å². The summed E-state index contributed by atoms with van der Waals surface area (Å²) >= 11 is 5.99. The van der Waals surface area contributed by atoms with Crippen LogP contribution in [0, 0.1) is 11.8 Å². The summed E-state index contributed by atoms with van der Waals surface area (Å²) in [5, 5.41) is 9.87. The molecule has 0 spiro atoms. The topological polar surface area (TPSA) is 59.0 Å². The van der Waals surface area contributed by atoms with E-state index in [1.807, 2.05) is 18.2 Å². The van der Waals surface area contributed by atoms with E-state index in [0.717, 1.165) is 42.3 Å². The second-order valence-electron chi connectivity index (χ2n) is 9.33. The fourth-order valence-electron chi connectivity index (χ4n) is 4.83. The van der Waals surface area contributed by atoms with Crippen LogP contribution in [0.4, 0.5) is 0 Å². The highest BCUT2D eigenvalue weighted by Gasteiger charge is 2.33. The van der Waals surface area contributed by atoms with E-state index in [0.29, 0.717) is 25.6 Å². The lowest BCUT2D eigenvalue weighted by Gasteiger charge is -2.38. The van der Waals surface area contributed by atoms with Crippen molar-refractivity contribution < 1.29 is 19.4 Å². The van der Waals surface area contributed by atoms with Crippen molar-refractivity contribution in [2.24, 2.45) is 11.8 Å². The van der Waals surface area contributed by atoms with Gasteiger partial charge in [-0.2, -0.15) is 0 Å². The Bertz CT molecular complexity index is 1040. The van der Waals surface area contributed by atoms with Gasteiger partial charge >= 0.3 is 5.97 Å². The average Bonchev–Trinajstić information content (AvgIpc) is 2.76. The van der Waals surface area contributed by atoms with Gasteiger partial charge in [-0.3, -0.25) is 9.69 Å². The van der Waals surface area contributed by atoms with Crippen LogP contribution in [0.3, 0.4) is 0 Å². The number of allylic oxidation sites excluding steroid dienone is 1. The summed E-state index contributed by atoms with van der Waals surface area (Å²) in [6, 6.07) is 12.1. The minimum Gasteiger partial charge on any atom is -0.493 e. The monoisotopic (exact) mass is 469 g/mol. The first-order chi connectivity index (χ1) is 15.9. The van der Waals surface area contributed by atoms with Crippen molar-refractivity contribution in [3.8, 4) is 11.5 Å². The van der Waals surface area contributed by atoms with Crippen LogP contribution in [-0.4, -0.2) is 49.3 Å². The molecule has 1 aliphatic heterocycles. The second kappa shape index (κ2) is 10.2. The number of methoxy groups -OCH3 is 1. The summed E-state index contributed by atoms with van der Waals surface area (Å²) in [5.74, 6) is 1.07. The van der Waals surface area contributed by atoms with Gasteiger partial charge in [-0.25, -0.2) is 0 Å². The van der Waals surface area contributed by atoms with Gasteiger partial charge in [0.15, 0.2) is 11.5 Å². The first kappa shape index (κ1) is 23.7. The molecule has 4 rings (SSSR count). The van der Waals surface area contributed by atoms with E-state index in [1.165, 1.54) is 27.8 Å². The number of aliphatic carboxylic acids is 1. The maximum Gasteiger partial charge on any atom is 0.309 e. The number of hydrogen-bond donors (Lipinski definition) is 1. The third-order valence-electron chi connectivity index (χ3n) is 6.78. The molecule has 0 unspecified atom stereocenters. The van der Waals surface area contributed by atoms with Crippen molar-refractivity contribution in [2.45, 2.75) is 33.1 Å². The number of fused-ring (bicyclic) bond motifs is 1. The number of carbonyl (C=O) groups is 1. The molecule has 0 aromatic heterocycles. The van der Waals surface area contributed by atoms with Crippen LogP contribution in [0.25, 0.3) is 5.57 Å². The molecule has 0 amide bonds. The Morgan fingerprint density at radius 3 is 2.58 bits per heavy atom. The second-order valence-corrected chi connectivity index (χ2v) is 9.76. The van der Waals surface area contributed by atoms with E-state index in [2.05, 4.69) is 36.9 Å². The lowest BCUT2D eigenvalue weighted by molar-refractivity contribution is -0.147. The molecule has 6 heteroatoms. The SMILES string of the molecule is COc1c(OC[C@@H](C)Cc2ccc(Cl)cc2)ccc2c1CCC(CN1CC(C(=O)O)C1)=C2C. The zero-order valence-electron chi connectivity index (χ0n) is 19.6. The van der Waals surface area contributed by atoms with Gasteiger partial charge in [0.2, 0.25) is 0 Å². The first-order valence-electron chi connectivity index (χ1n) is 11.6. The Morgan fingerprint density at radius 2 is 1.91 bits per heavy atom. The van der Waals surface area contributed by atoms with Crippen LogP contribution in [0.5, 0.6) is 11.5 Å². The minimum absolute atomic E-state index is 0.219. The van der Waals surface area contributed by atoms with E-state index in [-0.39, 0.29) is 5.92 Å². The van der Waals surface area contributed by atoms with Crippen LogP contribution < -0.4 is 9.47 Å². The molecule has 2 aromatic rings. The number of rotatable bonds is 9. The zero-order valence-corrected chi connectivity index (χ0v) is 20.3. The van der Waals surface area contributed by atoms with Crippen molar-refractivity contribution >= 4 is 23.1 Å². The molecule has 33 heavy (non-hydrogen) atoms. The highest BCUT2D eigenvalue weighted by molar-refractivity contribution is 6.30. The Kier molecular flexibility index (Phi) is 7.30. The van der Waals surface area contributed by atoms with Crippen molar-refractivity contribution in [1.29, 1.82) is 0 Å². The molecule has 5 nitrogen and oxygen atoms in total. The molecule has 0 bridgehead atoms. The number of hydrogen-bond acceptors (Lipinski definition) is 4. The summed E-state index contributed by atoms with van der Waals surface area (Å²) in [6.07, 6.45) is 2.79. The molecule has 1 N–H and O–H groups in total. The maximum atomic E-state index is 11.1. The fourth-order valence-corrected chi connectivity index (χ4v) is 4.96. The van der Waals surface area contributed by atoms with Crippen molar-refractivity contribution in [2.75, 3.05) is 33.4 Å². The van der Waals surface area contributed by atoms with Crippen LogP contribution in [0.15, 0.2) is 42.0 Å². The lowest BCUT2D eigenvalue weighted by atomic mass is 9.84. The Balaban J connectivity index is 1.42. The predicted octanol–water partition coefficient (Wildman–Crippen LogP) is 5.34. The molecular weight excluding hydrogens is 438 g/mol. The Labute approximate surface area is 201 Å². The van der Waals surface area contributed by atoms with Crippen LogP contribution >= 0.6 is 11.6 Å². The van der Waals surface area contributed by atoms with Crippen LogP contribution in [-0.2, 0) is 17.6 Å². The summed E-state index contributed by atoms with van der Waals surface area (Å²) in [7, 11) is 1.71. The number of benzene rings is 2. The first-order valence-corrected chi connectivity index (χ1v) is 11.9. The van der Waals surface area contributed by atoms with Gasteiger partial charge in [0, 0.05) is 30.2 Å². The quantitative estimate of drug-likeness (QED) is 0.537. The molecule has 2 aliphatic rings. The van der Waals surface area contributed by atoms with E-state index in [9.17, 15) is 4.79 Å². The summed E-state index contributed by atoms with van der Waals surface area (Å²) < 4.78 is 12.0. The molecule has 2 aromatic carbocycles. The number of carboxylic acids is 1. The lowest BCUT2D eigenvalue weighted by Crippen LogP contribution is -2.50. The largest absolute Gasteiger partial charge is 0.493 e. The van der Waals surface area contributed by atoms with Gasteiger partial charge in [0.25, 0.3) is 0 Å². The number of likely N-dealkylation sites (tertiary alicyclic amines) is 1. The third-order valence-corrected chi connectivity index (χ3v) is 7.03. The Hall–Kier alpha value is -2.50. The Morgan fingerprint density at radius 1 is 1.18 bits per heavy atom. The van der Waals surface area contributed by atoms with Gasteiger partial charge in [-0.1, -0.05) is 42.3 Å². The third kappa shape index (κ3) is 5.36. The van der Waals surface area contributed by atoms with E-state index < -0.39 is 5.97 Å². The van der Waals surface area contributed by atoms with Gasteiger partial charge in [0.05, 0.1) is 19.6 Å². The fraction of sp³-hybridized carbons (Fsp3) is 0.444. The average molecular weight is 470 g/mol. The van der Waals surface area contributed by atoms with Gasteiger partial charge in [0.1, 0.15) is 0 Å². The molecule has 1 heterocycles. The minimum atomic E-state index is -0.689. The standard InChI is InChI=1S/C27H32ClNO4/c1-17(12-19-4-7-22(28)8-5-19)16-33-25-11-10-23-18(2)20(6-9-24(23)26(25)32-3)13-29-14-21(15-29)27(30)31/h4-5,7-8,10-11,17,21H,6,9,12-16H2,1-3H3,(H,30,31)/t17-/m0/s1. The summed E-state index contributed by atoms with van der Waals surface area (Å²) in [4.78, 5) is 13.3. The zero-order chi connectivity index (χ0) is 23.5. The molecule has 1 saturated heterocycles. The normalized spacial score (nSPS) is 17.3.